The highest BCUT2D eigenvalue weighted by Gasteiger charge is 2.24. The van der Waals surface area contributed by atoms with E-state index in [4.69, 9.17) is 10.8 Å². The van der Waals surface area contributed by atoms with E-state index >= 15 is 0 Å². The first kappa shape index (κ1) is 14.0. The molecule has 0 saturated heterocycles. The highest BCUT2D eigenvalue weighted by molar-refractivity contribution is 5.98. The van der Waals surface area contributed by atoms with E-state index < -0.39 is 17.9 Å². The highest BCUT2D eigenvalue weighted by atomic mass is 16.4. The minimum atomic E-state index is -1.04. The van der Waals surface area contributed by atoms with E-state index in [0.29, 0.717) is 11.3 Å². The fourth-order valence-electron chi connectivity index (χ4n) is 1.62. The van der Waals surface area contributed by atoms with E-state index in [2.05, 4.69) is 5.32 Å². The molecule has 18 heavy (non-hydrogen) atoms. The van der Waals surface area contributed by atoms with Crippen molar-refractivity contribution in [2.45, 2.75) is 26.8 Å². The number of anilines is 1. The predicted octanol–water partition coefficient (Wildman–Crippen LogP) is 1.42. The first-order chi connectivity index (χ1) is 8.32. The van der Waals surface area contributed by atoms with Crippen LogP contribution >= 0.6 is 0 Å². The Morgan fingerprint density at radius 3 is 2.44 bits per heavy atom. The van der Waals surface area contributed by atoms with Gasteiger partial charge in [-0.1, -0.05) is 19.9 Å². The van der Waals surface area contributed by atoms with Gasteiger partial charge in [-0.3, -0.25) is 4.79 Å². The Hall–Kier alpha value is -2.04. The molecule has 1 aromatic rings. The largest absolute Gasteiger partial charge is 0.480 e. The van der Waals surface area contributed by atoms with Crippen LogP contribution in [-0.4, -0.2) is 23.0 Å². The molecule has 0 spiro atoms. The van der Waals surface area contributed by atoms with Gasteiger partial charge in [0.05, 0.1) is 0 Å². The molecule has 0 aliphatic heterocycles. The number of benzene rings is 1. The SMILES string of the molecule is Cc1ccc(N)cc1C(=O)N[C@H](C(=O)O)C(C)C. The molecule has 0 aliphatic carbocycles. The number of aliphatic carboxylic acids is 1. The molecule has 1 amide bonds. The zero-order valence-corrected chi connectivity index (χ0v) is 10.7. The van der Waals surface area contributed by atoms with Gasteiger partial charge in [0.25, 0.3) is 5.91 Å². The van der Waals surface area contributed by atoms with Crippen LogP contribution in [0.5, 0.6) is 0 Å². The lowest BCUT2D eigenvalue weighted by molar-refractivity contribution is -0.140. The van der Waals surface area contributed by atoms with Gasteiger partial charge >= 0.3 is 5.97 Å². The van der Waals surface area contributed by atoms with Crippen LogP contribution in [0.4, 0.5) is 5.69 Å². The Morgan fingerprint density at radius 1 is 1.33 bits per heavy atom. The molecular formula is C13H18N2O3. The van der Waals surface area contributed by atoms with E-state index in [9.17, 15) is 9.59 Å². The molecule has 0 heterocycles. The fourth-order valence-corrected chi connectivity index (χ4v) is 1.62. The highest BCUT2D eigenvalue weighted by Crippen LogP contribution is 2.13. The number of aryl methyl sites for hydroxylation is 1. The van der Waals surface area contributed by atoms with Gasteiger partial charge < -0.3 is 16.2 Å². The summed E-state index contributed by atoms with van der Waals surface area (Å²) >= 11 is 0. The van der Waals surface area contributed by atoms with Crippen molar-refractivity contribution >= 4 is 17.6 Å². The molecule has 1 rings (SSSR count). The third-order valence-corrected chi connectivity index (χ3v) is 2.73. The minimum Gasteiger partial charge on any atom is -0.480 e. The van der Waals surface area contributed by atoms with Crippen molar-refractivity contribution in [1.82, 2.24) is 5.32 Å². The molecule has 0 bridgehead atoms. The summed E-state index contributed by atoms with van der Waals surface area (Å²) in [7, 11) is 0. The van der Waals surface area contributed by atoms with Gasteiger partial charge in [0.2, 0.25) is 0 Å². The maximum Gasteiger partial charge on any atom is 0.326 e. The summed E-state index contributed by atoms with van der Waals surface area (Å²) in [5, 5.41) is 11.5. The van der Waals surface area contributed by atoms with Gasteiger partial charge in [0.15, 0.2) is 0 Å². The molecule has 1 aromatic carbocycles. The Bertz CT molecular complexity index is 469. The molecule has 1 atom stereocenters. The number of carboxylic acid groups (broad SMARTS) is 1. The van der Waals surface area contributed by atoms with Crippen molar-refractivity contribution in [3.8, 4) is 0 Å². The zero-order valence-electron chi connectivity index (χ0n) is 10.7. The third-order valence-electron chi connectivity index (χ3n) is 2.73. The van der Waals surface area contributed by atoms with Crippen molar-refractivity contribution in [3.05, 3.63) is 29.3 Å². The number of carbonyl (C=O) groups is 2. The molecule has 0 unspecified atom stereocenters. The van der Waals surface area contributed by atoms with E-state index in [1.165, 1.54) is 0 Å². The second-order valence-electron chi connectivity index (χ2n) is 4.61. The number of nitrogen functional groups attached to an aromatic ring is 1. The molecule has 0 aromatic heterocycles. The van der Waals surface area contributed by atoms with Crippen molar-refractivity contribution < 1.29 is 14.7 Å². The number of carbonyl (C=O) groups excluding carboxylic acids is 1. The van der Waals surface area contributed by atoms with Crippen molar-refractivity contribution in [2.75, 3.05) is 5.73 Å². The van der Waals surface area contributed by atoms with E-state index in [0.717, 1.165) is 5.56 Å². The number of rotatable bonds is 4. The molecule has 0 radical (unpaired) electrons. The summed E-state index contributed by atoms with van der Waals surface area (Å²) in [6, 6.07) is 4.07. The van der Waals surface area contributed by atoms with Gasteiger partial charge in [0, 0.05) is 11.3 Å². The average Bonchev–Trinajstić information content (AvgIpc) is 2.28. The second-order valence-corrected chi connectivity index (χ2v) is 4.61. The van der Waals surface area contributed by atoms with Crippen LogP contribution in [0.15, 0.2) is 18.2 Å². The maximum absolute atomic E-state index is 12.0. The Morgan fingerprint density at radius 2 is 1.94 bits per heavy atom. The summed E-state index contributed by atoms with van der Waals surface area (Å²) in [5.74, 6) is -1.64. The number of amides is 1. The standard InChI is InChI=1S/C13H18N2O3/c1-7(2)11(13(17)18)15-12(16)10-6-9(14)5-4-8(10)3/h4-7,11H,14H2,1-3H3,(H,15,16)(H,17,18)/t11-/m0/s1. The van der Waals surface area contributed by atoms with Crippen LogP contribution in [0.3, 0.4) is 0 Å². The first-order valence-electron chi connectivity index (χ1n) is 5.72. The summed E-state index contributed by atoms with van der Waals surface area (Å²) in [5.41, 5.74) is 7.26. The van der Waals surface area contributed by atoms with E-state index in [-0.39, 0.29) is 5.92 Å². The molecular weight excluding hydrogens is 232 g/mol. The molecule has 0 saturated carbocycles. The number of nitrogens with two attached hydrogens (primary N) is 1. The summed E-state index contributed by atoms with van der Waals surface area (Å²) < 4.78 is 0. The summed E-state index contributed by atoms with van der Waals surface area (Å²) in [6.07, 6.45) is 0. The topological polar surface area (TPSA) is 92.4 Å². The summed E-state index contributed by atoms with van der Waals surface area (Å²) in [6.45, 7) is 5.26. The average molecular weight is 250 g/mol. The number of carboxylic acids is 1. The lowest BCUT2D eigenvalue weighted by Crippen LogP contribution is -2.44. The maximum atomic E-state index is 12.0. The Balaban J connectivity index is 2.94. The number of hydrogen-bond acceptors (Lipinski definition) is 3. The number of nitrogens with one attached hydrogen (secondary N) is 1. The van der Waals surface area contributed by atoms with Crippen molar-refractivity contribution in [1.29, 1.82) is 0 Å². The van der Waals surface area contributed by atoms with Crippen molar-refractivity contribution in [2.24, 2.45) is 5.92 Å². The van der Waals surface area contributed by atoms with Crippen molar-refractivity contribution in [3.63, 3.8) is 0 Å². The van der Waals surface area contributed by atoms with Crippen LogP contribution in [0.25, 0.3) is 0 Å². The van der Waals surface area contributed by atoms with Crippen LogP contribution in [0, 0.1) is 12.8 Å². The van der Waals surface area contributed by atoms with Gasteiger partial charge in [-0.05, 0) is 30.5 Å². The first-order valence-corrected chi connectivity index (χ1v) is 5.72. The van der Waals surface area contributed by atoms with Gasteiger partial charge in [0.1, 0.15) is 6.04 Å². The van der Waals surface area contributed by atoms with Crippen LogP contribution in [0.1, 0.15) is 29.8 Å². The van der Waals surface area contributed by atoms with Gasteiger partial charge in [-0.15, -0.1) is 0 Å². The van der Waals surface area contributed by atoms with E-state index in [1.54, 1.807) is 39.0 Å². The second kappa shape index (κ2) is 5.53. The molecule has 4 N–H and O–H groups in total. The Kier molecular flexibility index (Phi) is 4.31. The minimum absolute atomic E-state index is 0.187. The normalized spacial score (nSPS) is 12.2. The summed E-state index contributed by atoms with van der Waals surface area (Å²) in [4.78, 5) is 23.0. The monoisotopic (exact) mass is 250 g/mol. The quantitative estimate of drug-likeness (QED) is 0.704. The molecule has 5 nitrogen and oxygen atoms in total. The number of hydrogen-bond donors (Lipinski definition) is 3. The lowest BCUT2D eigenvalue weighted by Gasteiger charge is -2.18. The smallest absolute Gasteiger partial charge is 0.326 e. The van der Waals surface area contributed by atoms with Crippen LogP contribution in [-0.2, 0) is 4.79 Å². The lowest BCUT2D eigenvalue weighted by atomic mass is 10.0. The van der Waals surface area contributed by atoms with Crippen LogP contribution in [0.2, 0.25) is 0 Å². The Labute approximate surface area is 106 Å². The fraction of sp³-hybridized carbons (Fsp3) is 0.385. The molecule has 98 valence electrons. The molecule has 0 aliphatic rings. The van der Waals surface area contributed by atoms with Crippen LogP contribution < -0.4 is 11.1 Å². The predicted molar refractivity (Wildman–Crippen MR) is 69.3 cm³/mol. The zero-order chi connectivity index (χ0) is 13.9. The molecule has 5 heteroatoms. The third kappa shape index (κ3) is 3.23. The van der Waals surface area contributed by atoms with Gasteiger partial charge in [-0.2, -0.15) is 0 Å². The van der Waals surface area contributed by atoms with E-state index in [1.807, 2.05) is 0 Å². The molecule has 0 fully saturated rings. The van der Waals surface area contributed by atoms with Gasteiger partial charge in [-0.25, -0.2) is 4.79 Å².